The van der Waals surface area contributed by atoms with E-state index in [1.54, 1.807) is 18.2 Å². The molecule has 0 aliphatic carbocycles. The number of carbonyl (C=O) groups is 2. The normalized spacial score (nSPS) is 15.2. The SMILES string of the molecule is O=C1S/C(=C\c2cn(Cc3ccccc3Cl)c3ccccc23)C(=O)N1Cc1ccc(F)cc1. The number of hydrogen-bond donors (Lipinski definition) is 0. The standard InChI is InChI=1S/C26H18ClFN2O2S/c27-22-7-3-1-5-18(22)15-29-16-19(21-6-2-4-8-23(21)29)13-24-25(31)30(26(32)33-24)14-17-9-11-20(28)12-10-17/h1-13,16H,14-15H2/b24-13-. The number of thioether (sulfide) groups is 1. The first-order valence-electron chi connectivity index (χ1n) is 10.3. The summed E-state index contributed by atoms with van der Waals surface area (Å²) in [6, 6.07) is 21.4. The van der Waals surface area contributed by atoms with Crippen LogP contribution in [-0.2, 0) is 17.9 Å². The highest BCUT2D eigenvalue weighted by molar-refractivity contribution is 8.18. The average Bonchev–Trinajstić information content (AvgIpc) is 3.29. The summed E-state index contributed by atoms with van der Waals surface area (Å²) in [5.41, 5.74) is 3.54. The second kappa shape index (κ2) is 8.89. The van der Waals surface area contributed by atoms with Crippen molar-refractivity contribution in [1.29, 1.82) is 0 Å². The van der Waals surface area contributed by atoms with Crippen LogP contribution in [0.4, 0.5) is 9.18 Å². The van der Waals surface area contributed by atoms with Gasteiger partial charge in [0.2, 0.25) is 0 Å². The van der Waals surface area contributed by atoms with E-state index in [1.807, 2.05) is 54.7 Å². The molecule has 1 fully saturated rings. The molecular weight excluding hydrogens is 459 g/mol. The monoisotopic (exact) mass is 476 g/mol. The molecule has 1 aliphatic rings. The minimum absolute atomic E-state index is 0.108. The van der Waals surface area contributed by atoms with Gasteiger partial charge in [0.15, 0.2) is 0 Å². The molecule has 3 aromatic carbocycles. The molecule has 1 saturated heterocycles. The van der Waals surface area contributed by atoms with Crippen molar-refractivity contribution in [3.05, 3.63) is 111 Å². The van der Waals surface area contributed by atoms with E-state index in [1.165, 1.54) is 17.0 Å². The van der Waals surface area contributed by atoms with Crippen LogP contribution in [0, 0.1) is 5.82 Å². The van der Waals surface area contributed by atoms with E-state index >= 15 is 0 Å². The van der Waals surface area contributed by atoms with Gasteiger partial charge in [-0.15, -0.1) is 0 Å². The van der Waals surface area contributed by atoms with E-state index in [2.05, 4.69) is 4.57 Å². The van der Waals surface area contributed by atoms with Crippen LogP contribution in [0.5, 0.6) is 0 Å². The van der Waals surface area contributed by atoms with Gasteiger partial charge >= 0.3 is 0 Å². The lowest BCUT2D eigenvalue weighted by atomic mass is 10.1. The number of carbonyl (C=O) groups excluding carboxylic acids is 2. The van der Waals surface area contributed by atoms with Crippen molar-refractivity contribution in [2.45, 2.75) is 13.1 Å². The first kappa shape index (κ1) is 21.5. The Balaban J connectivity index is 1.46. The Labute approximate surface area is 199 Å². The Hall–Kier alpha value is -3.35. The molecule has 33 heavy (non-hydrogen) atoms. The van der Waals surface area contributed by atoms with E-state index in [-0.39, 0.29) is 23.5 Å². The van der Waals surface area contributed by atoms with Crippen molar-refractivity contribution in [3.8, 4) is 0 Å². The number of imide groups is 1. The third kappa shape index (κ3) is 4.32. The van der Waals surface area contributed by atoms with Gasteiger partial charge in [-0.25, -0.2) is 4.39 Å². The highest BCUT2D eigenvalue weighted by atomic mass is 35.5. The summed E-state index contributed by atoms with van der Waals surface area (Å²) in [6.07, 6.45) is 3.74. The molecule has 0 spiro atoms. The molecule has 7 heteroatoms. The Kier molecular flexibility index (Phi) is 5.79. The fourth-order valence-electron chi connectivity index (χ4n) is 3.88. The molecule has 0 atom stereocenters. The molecule has 1 aromatic heterocycles. The van der Waals surface area contributed by atoms with Crippen molar-refractivity contribution in [2.24, 2.45) is 0 Å². The van der Waals surface area contributed by atoms with Gasteiger partial charge in [-0.2, -0.15) is 0 Å². The van der Waals surface area contributed by atoms with E-state index in [0.29, 0.717) is 22.0 Å². The second-order valence-electron chi connectivity index (χ2n) is 7.72. The Morgan fingerprint density at radius 2 is 1.64 bits per heavy atom. The van der Waals surface area contributed by atoms with Crippen LogP contribution in [0.25, 0.3) is 17.0 Å². The van der Waals surface area contributed by atoms with E-state index in [4.69, 9.17) is 11.6 Å². The molecular formula is C26H18ClFN2O2S. The van der Waals surface area contributed by atoms with E-state index < -0.39 is 0 Å². The lowest BCUT2D eigenvalue weighted by Crippen LogP contribution is -2.27. The second-order valence-corrected chi connectivity index (χ2v) is 9.12. The molecule has 5 rings (SSSR count). The van der Waals surface area contributed by atoms with Crippen molar-refractivity contribution in [2.75, 3.05) is 0 Å². The third-order valence-corrected chi connectivity index (χ3v) is 6.81. The molecule has 0 N–H and O–H groups in total. The van der Waals surface area contributed by atoms with Gasteiger partial charge in [0, 0.05) is 34.2 Å². The number of para-hydroxylation sites is 1. The summed E-state index contributed by atoms with van der Waals surface area (Å²) in [7, 11) is 0. The van der Waals surface area contributed by atoms with Crippen LogP contribution in [-0.4, -0.2) is 20.6 Å². The Morgan fingerprint density at radius 1 is 0.909 bits per heavy atom. The maximum absolute atomic E-state index is 13.2. The number of nitrogens with zero attached hydrogens (tertiary/aromatic N) is 2. The molecule has 0 saturated carbocycles. The van der Waals surface area contributed by atoms with Crippen LogP contribution in [0.3, 0.4) is 0 Å². The lowest BCUT2D eigenvalue weighted by Gasteiger charge is -2.12. The van der Waals surface area contributed by atoms with Crippen molar-refractivity contribution < 1.29 is 14.0 Å². The Morgan fingerprint density at radius 3 is 2.42 bits per heavy atom. The lowest BCUT2D eigenvalue weighted by molar-refractivity contribution is -0.123. The Bertz CT molecular complexity index is 1410. The van der Waals surface area contributed by atoms with Crippen LogP contribution < -0.4 is 0 Å². The van der Waals surface area contributed by atoms with Crippen LogP contribution in [0.2, 0.25) is 5.02 Å². The fourth-order valence-corrected chi connectivity index (χ4v) is 4.91. The summed E-state index contributed by atoms with van der Waals surface area (Å²) in [4.78, 5) is 27.1. The summed E-state index contributed by atoms with van der Waals surface area (Å²) < 4.78 is 15.3. The first-order valence-corrected chi connectivity index (χ1v) is 11.5. The predicted molar refractivity (Wildman–Crippen MR) is 130 cm³/mol. The largest absolute Gasteiger partial charge is 0.342 e. The number of fused-ring (bicyclic) bond motifs is 1. The van der Waals surface area contributed by atoms with Gasteiger partial charge in [-0.3, -0.25) is 14.5 Å². The molecule has 2 heterocycles. The number of rotatable bonds is 5. The third-order valence-electron chi connectivity index (χ3n) is 5.53. The smallest absolute Gasteiger partial charge is 0.293 e. The zero-order chi connectivity index (χ0) is 22.9. The number of hydrogen-bond acceptors (Lipinski definition) is 3. The van der Waals surface area contributed by atoms with Gasteiger partial charge < -0.3 is 4.57 Å². The number of benzene rings is 3. The van der Waals surface area contributed by atoms with E-state index in [0.717, 1.165) is 33.8 Å². The molecule has 0 unspecified atom stereocenters. The fraction of sp³-hybridized carbons (Fsp3) is 0.0769. The maximum Gasteiger partial charge on any atom is 0.293 e. The molecule has 2 amide bonds. The average molecular weight is 477 g/mol. The quantitative estimate of drug-likeness (QED) is 0.300. The van der Waals surface area contributed by atoms with Crippen molar-refractivity contribution >= 4 is 51.5 Å². The van der Waals surface area contributed by atoms with Gasteiger partial charge in [0.05, 0.1) is 11.4 Å². The van der Waals surface area contributed by atoms with Crippen LogP contribution >= 0.6 is 23.4 Å². The summed E-state index contributed by atoms with van der Waals surface area (Å²) >= 11 is 7.28. The number of halogens is 2. The summed E-state index contributed by atoms with van der Waals surface area (Å²) in [6.45, 7) is 0.691. The highest BCUT2D eigenvalue weighted by Gasteiger charge is 2.35. The molecule has 4 aromatic rings. The highest BCUT2D eigenvalue weighted by Crippen LogP contribution is 2.35. The molecule has 1 aliphatic heterocycles. The van der Waals surface area contributed by atoms with E-state index in [9.17, 15) is 14.0 Å². The molecule has 164 valence electrons. The molecule has 0 radical (unpaired) electrons. The van der Waals surface area contributed by atoms with Gasteiger partial charge in [-0.1, -0.05) is 60.1 Å². The number of aromatic nitrogens is 1. The summed E-state index contributed by atoms with van der Waals surface area (Å²) in [5, 5.41) is 1.34. The topological polar surface area (TPSA) is 42.3 Å². The van der Waals surface area contributed by atoms with Gasteiger partial charge in [-0.05, 0) is 53.2 Å². The van der Waals surface area contributed by atoms with Crippen LogP contribution in [0.1, 0.15) is 16.7 Å². The maximum atomic E-state index is 13.2. The zero-order valence-corrected chi connectivity index (χ0v) is 18.9. The van der Waals surface area contributed by atoms with Crippen molar-refractivity contribution in [3.63, 3.8) is 0 Å². The van der Waals surface area contributed by atoms with Crippen molar-refractivity contribution in [1.82, 2.24) is 9.47 Å². The minimum atomic E-state index is -0.360. The van der Waals surface area contributed by atoms with Gasteiger partial charge in [0.25, 0.3) is 11.1 Å². The predicted octanol–water partition coefficient (Wildman–Crippen LogP) is 6.72. The zero-order valence-electron chi connectivity index (χ0n) is 17.4. The molecule has 0 bridgehead atoms. The number of amides is 2. The van der Waals surface area contributed by atoms with Gasteiger partial charge in [0.1, 0.15) is 5.82 Å². The molecule has 4 nitrogen and oxygen atoms in total. The van der Waals surface area contributed by atoms with Crippen LogP contribution in [0.15, 0.2) is 83.9 Å². The summed E-state index contributed by atoms with van der Waals surface area (Å²) in [5.74, 6) is -0.710. The first-order chi connectivity index (χ1) is 16.0. The minimum Gasteiger partial charge on any atom is -0.342 e.